The Bertz CT molecular complexity index is 562. The highest BCUT2D eigenvalue weighted by Crippen LogP contribution is 2.30. The Labute approximate surface area is 137 Å². The quantitative estimate of drug-likeness (QED) is 0.920. The highest BCUT2D eigenvalue weighted by atomic mass is 16.6. The van der Waals surface area contributed by atoms with E-state index in [-0.39, 0.29) is 24.9 Å². The molecule has 1 aromatic rings. The fourth-order valence-corrected chi connectivity index (χ4v) is 2.76. The molecule has 2 heterocycles. The fraction of sp³-hybridized carbons (Fsp3) is 0.688. The Kier molecular flexibility index (Phi) is 5.28. The summed E-state index contributed by atoms with van der Waals surface area (Å²) in [5, 5.41) is 2.63. The molecule has 0 saturated carbocycles. The molecule has 2 rings (SSSR count). The molecule has 2 amide bonds. The number of aryl methyl sites for hydroxylation is 1. The molecular weight excluding hydrogens is 296 g/mol. The lowest BCUT2D eigenvalue weighted by Crippen LogP contribution is -2.37. The number of nitrogens with zero attached hydrogens (tertiary/aromatic N) is 3. The van der Waals surface area contributed by atoms with Crippen molar-refractivity contribution in [1.29, 1.82) is 0 Å². The second-order valence-electron chi connectivity index (χ2n) is 6.82. The number of rotatable bonds is 4. The van der Waals surface area contributed by atoms with Gasteiger partial charge in [0, 0.05) is 39.0 Å². The standard InChI is InChI=1S/C16H26N4O3/c1-16(2,3)23-15(22)18-8-7-13(21)20-10-5-6-12(20)14-17-9-11-19(14)4/h9,11-12H,5-8,10H2,1-4H3,(H,18,22). The second kappa shape index (κ2) is 7.02. The maximum absolute atomic E-state index is 12.4. The summed E-state index contributed by atoms with van der Waals surface area (Å²) in [6.45, 7) is 6.43. The van der Waals surface area contributed by atoms with Gasteiger partial charge in [0.05, 0.1) is 6.04 Å². The van der Waals surface area contributed by atoms with Gasteiger partial charge in [0.2, 0.25) is 5.91 Å². The number of ether oxygens (including phenoxy) is 1. The predicted molar refractivity (Wildman–Crippen MR) is 85.7 cm³/mol. The molecule has 0 aliphatic carbocycles. The number of imidazole rings is 1. The van der Waals surface area contributed by atoms with Gasteiger partial charge in [-0.25, -0.2) is 9.78 Å². The third kappa shape index (κ3) is 4.71. The Hall–Kier alpha value is -2.05. The number of nitrogens with one attached hydrogen (secondary N) is 1. The van der Waals surface area contributed by atoms with E-state index in [1.807, 2.05) is 22.7 Å². The van der Waals surface area contributed by atoms with Crippen molar-refractivity contribution >= 4 is 12.0 Å². The minimum absolute atomic E-state index is 0.0315. The van der Waals surface area contributed by atoms with E-state index in [1.165, 1.54) is 0 Å². The van der Waals surface area contributed by atoms with E-state index in [0.29, 0.717) is 0 Å². The summed E-state index contributed by atoms with van der Waals surface area (Å²) < 4.78 is 7.11. The Balaban J connectivity index is 1.83. The molecule has 1 N–H and O–H groups in total. The predicted octanol–water partition coefficient (Wildman–Crippen LogP) is 2.00. The smallest absolute Gasteiger partial charge is 0.407 e. The molecule has 0 bridgehead atoms. The number of hydrogen-bond donors (Lipinski definition) is 1. The summed E-state index contributed by atoms with van der Waals surface area (Å²) in [6.07, 6.45) is 5.31. The SMILES string of the molecule is Cn1ccnc1C1CCCN1C(=O)CCNC(=O)OC(C)(C)C. The van der Waals surface area contributed by atoms with Gasteiger partial charge in [-0.15, -0.1) is 0 Å². The van der Waals surface area contributed by atoms with Gasteiger partial charge < -0.3 is 19.5 Å². The van der Waals surface area contributed by atoms with Gasteiger partial charge in [-0.05, 0) is 33.6 Å². The maximum atomic E-state index is 12.4. The van der Waals surface area contributed by atoms with Crippen molar-refractivity contribution in [2.24, 2.45) is 7.05 Å². The van der Waals surface area contributed by atoms with Crippen molar-refractivity contribution in [1.82, 2.24) is 19.8 Å². The highest BCUT2D eigenvalue weighted by Gasteiger charge is 2.32. The van der Waals surface area contributed by atoms with Crippen LogP contribution < -0.4 is 5.32 Å². The maximum Gasteiger partial charge on any atom is 0.407 e. The van der Waals surface area contributed by atoms with Crippen LogP contribution in [-0.2, 0) is 16.6 Å². The van der Waals surface area contributed by atoms with Crippen LogP contribution >= 0.6 is 0 Å². The van der Waals surface area contributed by atoms with Gasteiger partial charge in [-0.2, -0.15) is 0 Å². The normalized spacial score (nSPS) is 18.1. The lowest BCUT2D eigenvalue weighted by molar-refractivity contribution is -0.132. The second-order valence-corrected chi connectivity index (χ2v) is 6.82. The van der Waals surface area contributed by atoms with Gasteiger partial charge in [0.1, 0.15) is 11.4 Å². The summed E-state index contributed by atoms with van der Waals surface area (Å²) in [5.74, 6) is 0.947. The summed E-state index contributed by atoms with van der Waals surface area (Å²) in [7, 11) is 1.94. The summed E-state index contributed by atoms with van der Waals surface area (Å²) in [5.41, 5.74) is -0.535. The first-order valence-electron chi connectivity index (χ1n) is 8.01. The highest BCUT2D eigenvalue weighted by molar-refractivity contribution is 5.78. The van der Waals surface area contributed by atoms with Crippen LogP contribution in [0.15, 0.2) is 12.4 Å². The molecule has 0 radical (unpaired) electrons. The number of aromatic nitrogens is 2. The zero-order valence-corrected chi connectivity index (χ0v) is 14.3. The number of carbonyl (C=O) groups excluding carboxylic acids is 2. The van der Waals surface area contributed by atoms with E-state index in [9.17, 15) is 9.59 Å². The zero-order chi connectivity index (χ0) is 17.0. The summed E-state index contributed by atoms with van der Waals surface area (Å²) in [4.78, 5) is 30.2. The van der Waals surface area contributed by atoms with Crippen molar-refractivity contribution < 1.29 is 14.3 Å². The Morgan fingerprint density at radius 1 is 1.43 bits per heavy atom. The molecular formula is C16H26N4O3. The van der Waals surface area contributed by atoms with Gasteiger partial charge in [-0.3, -0.25) is 4.79 Å². The monoisotopic (exact) mass is 322 g/mol. The van der Waals surface area contributed by atoms with E-state index in [4.69, 9.17) is 4.74 Å². The third-order valence-corrected chi connectivity index (χ3v) is 3.74. The number of carbonyl (C=O) groups is 2. The number of hydrogen-bond acceptors (Lipinski definition) is 4. The number of likely N-dealkylation sites (tertiary alicyclic amines) is 1. The molecule has 1 unspecified atom stereocenters. The molecule has 0 aromatic carbocycles. The zero-order valence-electron chi connectivity index (χ0n) is 14.3. The van der Waals surface area contributed by atoms with E-state index < -0.39 is 11.7 Å². The molecule has 23 heavy (non-hydrogen) atoms. The van der Waals surface area contributed by atoms with Crippen molar-refractivity contribution in [3.8, 4) is 0 Å². The van der Waals surface area contributed by atoms with Crippen LogP contribution in [0.2, 0.25) is 0 Å². The van der Waals surface area contributed by atoms with Crippen molar-refractivity contribution in [3.05, 3.63) is 18.2 Å². The average Bonchev–Trinajstić information content (AvgIpc) is 3.04. The largest absolute Gasteiger partial charge is 0.444 e. The first-order valence-corrected chi connectivity index (χ1v) is 8.01. The molecule has 0 spiro atoms. The molecule has 1 fully saturated rings. The van der Waals surface area contributed by atoms with Crippen LogP contribution in [-0.4, -0.2) is 45.1 Å². The van der Waals surface area contributed by atoms with Crippen LogP contribution in [0, 0.1) is 0 Å². The first-order chi connectivity index (χ1) is 10.8. The Morgan fingerprint density at radius 3 is 2.78 bits per heavy atom. The van der Waals surface area contributed by atoms with Crippen LogP contribution in [0.4, 0.5) is 4.79 Å². The first kappa shape index (κ1) is 17.3. The topological polar surface area (TPSA) is 76.5 Å². The van der Waals surface area contributed by atoms with Crippen LogP contribution in [0.1, 0.15) is 51.9 Å². The molecule has 1 aliphatic heterocycles. The third-order valence-electron chi connectivity index (χ3n) is 3.74. The number of alkyl carbamates (subject to hydrolysis) is 1. The molecule has 7 nitrogen and oxygen atoms in total. The minimum Gasteiger partial charge on any atom is -0.444 e. The number of amides is 2. The average molecular weight is 322 g/mol. The van der Waals surface area contributed by atoms with Gasteiger partial charge in [0.25, 0.3) is 0 Å². The fourth-order valence-electron chi connectivity index (χ4n) is 2.76. The molecule has 1 atom stereocenters. The Morgan fingerprint density at radius 2 is 2.17 bits per heavy atom. The summed E-state index contributed by atoms with van der Waals surface area (Å²) >= 11 is 0. The van der Waals surface area contributed by atoms with Gasteiger partial charge in [0.15, 0.2) is 0 Å². The lowest BCUT2D eigenvalue weighted by atomic mass is 10.2. The van der Waals surface area contributed by atoms with Crippen LogP contribution in [0.3, 0.4) is 0 Å². The van der Waals surface area contributed by atoms with E-state index in [0.717, 1.165) is 25.2 Å². The van der Waals surface area contributed by atoms with Crippen molar-refractivity contribution in [2.75, 3.05) is 13.1 Å². The van der Waals surface area contributed by atoms with Crippen molar-refractivity contribution in [2.45, 2.75) is 51.7 Å². The van der Waals surface area contributed by atoms with E-state index >= 15 is 0 Å². The molecule has 7 heteroatoms. The van der Waals surface area contributed by atoms with Gasteiger partial charge >= 0.3 is 6.09 Å². The van der Waals surface area contributed by atoms with Crippen molar-refractivity contribution in [3.63, 3.8) is 0 Å². The summed E-state index contributed by atoms with van der Waals surface area (Å²) in [6, 6.07) is 0.0315. The molecule has 1 aromatic heterocycles. The molecule has 1 saturated heterocycles. The van der Waals surface area contributed by atoms with E-state index in [1.54, 1.807) is 27.0 Å². The lowest BCUT2D eigenvalue weighted by Gasteiger charge is -2.24. The van der Waals surface area contributed by atoms with Crippen LogP contribution in [0.5, 0.6) is 0 Å². The minimum atomic E-state index is -0.535. The van der Waals surface area contributed by atoms with E-state index in [2.05, 4.69) is 10.3 Å². The van der Waals surface area contributed by atoms with Crippen LogP contribution in [0.25, 0.3) is 0 Å². The molecule has 1 aliphatic rings. The molecule has 128 valence electrons. The van der Waals surface area contributed by atoms with Gasteiger partial charge in [-0.1, -0.05) is 0 Å².